The molecular weight excluding hydrogens is 200 g/mol. The average molecular weight is 228 g/mol. The molecule has 0 aromatic rings. The second-order valence-corrected chi connectivity index (χ2v) is 4.66. The largest absolute Gasteiger partial charge is 0.383 e. The Morgan fingerprint density at radius 2 is 1.94 bits per heavy atom. The maximum atomic E-state index is 5.02. The van der Waals surface area contributed by atoms with Crippen LogP contribution in [0.3, 0.4) is 0 Å². The summed E-state index contributed by atoms with van der Waals surface area (Å²) >= 11 is 0. The zero-order chi connectivity index (χ0) is 11.6. The van der Waals surface area contributed by atoms with Crippen LogP contribution < -0.4 is 5.32 Å². The molecular formula is C13H28N2O. The normalized spacial score (nSPS) is 18.2. The van der Waals surface area contributed by atoms with Gasteiger partial charge >= 0.3 is 0 Å². The molecule has 0 radical (unpaired) electrons. The molecule has 16 heavy (non-hydrogen) atoms. The van der Waals surface area contributed by atoms with Gasteiger partial charge in [-0.25, -0.2) is 0 Å². The number of likely N-dealkylation sites (N-methyl/N-ethyl adjacent to an activating group) is 1. The highest BCUT2D eigenvalue weighted by Gasteiger charge is 2.18. The lowest BCUT2D eigenvalue weighted by atomic mass is 9.94. The zero-order valence-corrected chi connectivity index (χ0v) is 11.0. The van der Waals surface area contributed by atoms with E-state index in [1.807, 2.05) is 0 Å². The summed E-state index contributed by atoms with van der Waals surface area (Å²) in [5, 5.41) is 3.42. The first-order chi connectivity index (χ1) is 7.88. The van der Waals surface area contributed by atoms with Crippen molar-refractivity contribution in [1.82, 2.24) is 10.2 Å². The van der Waals surface area contributed by atoms with E-state index in [1.54, 1.807) is 7.11 Å². The molecule has 0 bridgehead atoms. The third-order valence-corrected chi connectivity index (χ3v) is 3.56. The molecule has 1 rings (SSSR count). The number of nitrogens with one attached hydrogen (secondary N) is 1. The van der Waals surface area contributed by atoms with Crippen LogP contribution in [0.2, 0.25) is 0 Å². The molecule has 0 aromatic heterocycles. The lowest BCUT2D eigenvalue weighted by molar-refractivity contribution is 0.160. The standard InChI is InChI=1S/C13H28N2O/c1-3-15(11-9-14-10-12-16-2)13-7-5-4-6-8-13/h13-14H,3-12H2,1-2H3. The summed E-state index contributed by atoms with van der Waals surface area (Å²) in [6.07, 6.45) is 7.12. The second kappa shape index (κ2) is 8.97. The smallest absolute Gasteiger partial charge is 0.0587 e. The van der Waals surface area contributed by atoms with E-state index in [9.17, 15) is 0 Å². The molecule has 3 heteroatoms. The SMILES string of the molecule is CCN(CCNCCOC)C1CCCCC1. The molecule has 96 valence electrons. The minimum absolute atomic E-state index is 0.815. The summed E-state index contributed by atoms with van der Waals surface area (Å²) in [6, 6.07) is 0.850. The van der Waals surface area contributed by atoms with Gasteiger partial charge in [0, 0.05) is 32.8 Å². The van der Waals surface area contributed by atoms with Gasteiger partial charge in [0.2, 0.25) is 0 Å². The van der Waals surface area contributed by atoms with Crippen LogP contribution in [0.4, 0.5) is 0 Å². The molecule has 0 unspecified atom stereocenters. The summed E-state index contributed by atoms with van der Waals surface area (Å²) in [6.45, 7) is 7.53. The van der Waals surface area contributed by atoms with Crippen molar-refractivity contribution in [3.63, 3.8) is 0 Å². The molecule has 1 fully saturated rings. The van der Waals surface area contributed by atoms with Crippen LogP contribution in [0, 0.1) is 0 Å². The van der Waals surface area contributed by atoms with E-state index < -0.39 is 0 Å². The minimum Gasteiger partial charge on any atom is -0.383 e. The predicted octanol–water partition coefficient (Wildman–Crippen LogP) is 1.88. The van der Waals surface area contributed by atoms with Gasteiger partial charge in [-0.2, -0.15) is 0 Å². The van der Waals surface area contributed by atoms with E-state index in [0.29, 0.717) is 0 Å². The number of rotatable bonds is 8. The van der Waals surface area contributed by atoms with Crippen molar-refractivity contribution in [3.05, 3.63) is 0 Å². The minimum atomic E-state index is 0.815. The number of methoxy groups -OCH3 is 1. The van der Waals surface area contributed by atoms with Crippen molar-refractivity contribution < 1.29 is 4.74 Å². The maximum Gasteiger partial charge on any atom is 0.0587 e. The predicted molar refractivity (Wildman–Crippen MR) is 68.9 cm³/mol. The van der Waals surface area contributed by atoms with Crippen LogP contribution in [0.25, 0.3) is 0 Å². The molecule has 1 aliphatic carbocycles. The van der Waals surface area contributed by atoms with Crippen molar-refractivity contribution in [1.29, 1.82) is 0 Å². The third-order valence-electron chi connectivity index (χ3n) is 3.56. The zero-order valence-electron chi connectivity index (χ0n) is 11.0. The first kappa shape index (κ1) is 13.9. The molecule has 0 saturated heterocycles. The first-order valence-electron chi connectivity index (χ1n) is 6.82. The molecule has 0 aliphatic heterocycles. The van der Waals surface area contributed by atoms with Gasteiger partial charge in [-0.05, 0) is 19.4 Å². The van der Waals surface area contributed by atoms with Crippen molar-refractivity contribution in [2.45, 2.75) is 45.1 Å². The Kier molecular flexibility index (Phi) is 7.81. The Bertz CT molecular complexity index is 158. The Morgan fingerprint density at radius 1 is 1.19 bits per heavy atom. The summed E-state index contributed by atoms with van der Waals surface area (Å²) < 4.78 is 5.02. The van der Waals surface area contributed by atoms with Gasteiger partial charge in [0.25, 0.3) is 0 Å². The Morgan fingerprint density at radius 3 is 2.56 bits per heavy atom. The molecule has 0 aromatic carbocycles. The van der Waals surface area contributed by atoms with E-state index in [2.05, 4.69) is 17.1 Å². The van der Waals surface area contributed by atoms with Gasteiger partial charge in [0.05, 0.1) is 6.61 Å². The molecule has 0 atom stereocenters. The van der Waals surface area contributed by atoms with E-state index in [0.717, 1.165) is 25.7 Å². The lowest BCUT2D eigenvalue weighted by Crippen LogP contribution is -2.41. The van der Waals surface area contributed by atoms with Crippen molar-refractivity contribution >= 4 is 0 Å². The second-order valence-electron chi connectivity index (χ2n) is 4.66. The fourth-order valence-electron chi connectivity index (χ4n) is 2.57. The van der Waals surface area contributed by atoms with Gasteiger partial charge in [0.1, 0.15) is 0 Å². The van der Waals surface area contributed by atoms with Crippen LogP contribution in [0.15, 0.2) is 0 Å². The molecule has 1 saturated carbocycles. The van der Waals surface area contributed by atoms with E-state index in [1.165, 1.54) is 45.2 Å². The number of ether oxygens (including phenoxy) is 1. The molecule has 0 spiro atoms. The highest BCUT2D eigenvalue weighted by Crippen LogP contribution is 2.21. The first-order valence-corrected chi connectivity index (χ1v) is 6.82. The fourth-order valence-corrected chi connectivity index (χ4v) is 2.57. The van der Waals surface area contributed by atoms with Crippen LogP contribution in [0.1, 0.15) is 39.0 Å². The Hall–Kier alpha value is -0.120. The van der Waals surface area contributed by atoms with Crippen molar-refractivity contribution in [3.8, 4) is 0 Å². The van der Waals surface area contributed by atoms with Crippen LogP contribution in [-0.4, -0.2) is 50.8 Å². The monoisotopic (exact) mass is 228 g/mol. The molecule has 0 heterocycles. The van der Waals surface area contributed by atoms with E-state index in [4.69, 9.17) is 4.74 Å². The number of nitrogens with zero attached hydrogens (tertiary/aromatic N) is 1. The van der Waals surface area contributed by atoms with Crippen LogP contribution >= 0.6 is 0 Å². The highest BCUT2D eigenvalue weighted by molar-refractivity contribution is 4.75. The van der Waals surface area contributed by atoms with Gasteiger partial charge in [-0.1, -0.05) is 26.2 Å². The van der Waals surface area contributed by atoms with Gasteiger partial charge in [0.15, 0.2) is 0 Å². The third kappa shape index (κ3) is 5.28. The molecule has 1 aliphatic rings. The summed E-state index contributed by atoms with van der Waals surface area (Å²) in [7, 11) is 1.75. The fraction of sp³-hybridized carbons (Fsp3) is 1.00. The van der Waals surface area contributed by atoms with Crippen molar-refractivity contribution in [2.24, 2.45) is 0 Å². The lowest BCUT2D eigenvalue weighted by Gasteiger charge is -2.33. The maximum absolute atomic E-state index is 5.02. The van der Waals surface area contributed by atoms with E-state index in [-0.39, 0.29) is 0 Å². The topological polar surface area (TPSA) is 24.5 Å². The molecule has 0 amide bonds. The number of hydrogen-bond acceptors (Lipinski definition) is 3. The molecule has 1 N–H and O–H groups in total. The average Bonchev–Trinajstić information content (AvgIpc) is 2.35. The molecule has 3 nitrogen and oxygen atoms in total. The highest BCUT2D eigenvalue weighted by atomic mass is 16.5. The summed E-state index contributed by atoms with van der Waals surface area (Å²) in [4.78, 5) is 2.64. The van der Waals surface area contributed by atoms with Gasteiger partial charge < -0.3 is 10.1 Å². The van der Waals surface area contributed by atoms with Gasteiger partial charge in [-0.15, -0.1) is 0 Å². The summed E-state index contributed by atoms with van der Waals surface area (Å²) in [5.74, 6) is 0. The quantitative estimate of drug-likeness (QED) is 0.642. The van der Waals surface area contributed by atoms with Crippen LogP contribution in [0.5, 0.6) is 0 Å². The summed E-state index contributed by atoms with van der Waals surface area (Å²) in [5.41, 5.74) is 0. The van der Waals surface area contributed by atoms with E-state index >= 15 is 0 Å². The van der Waals surface area contributed by atoms with Gasteiger partial charge in [-0.3, -0.25) is 4.90 Å². The van der Waals surface area contributed by atoms with Crippen molar-refractivity contribution in [2.75, 3.05) is 39.9 Å². The Labute approximate surface area is 101 Å². The Balaban J connectivity index is 2.10. The number of hydrogen-bond donors (Lipinski definition) is 1. The van der Waals surface area contributed by atoms with Crippen LogP contribution in [-0.2, 0) is 4.74 Å².